The molecule has 0 fully saturated rings. The summed E-state index contributed by atoms with van der Waals surface area (Å²) in [6, 6.07) is 3.67. The van der Waals surface area contributed by atoms with E-state index in [2.05, 4.69) is 0 Å². The van der Waals surface area contributed by atoms with Crippen LogP contribution in [0.5, 0.6) is 0 Å². The van der Waals surface area contributed by atoms with Gasteiger partial charge in [0.1, 0.15) is 6.29 Å². The molecule has 1 amide bonds. The lowest BCUT2D eigenvalue weighted by Gasteiger charge is -2.32. The minimum Gasteiger partial charge on any atom is -0.345 e. The summed E-state index contributed by atoms with van der Waals surface area (Å²) in [5, 5.41) is 0.558. The average Bonchev–Trinajstić information content (AvgIpc) is 2.67. The highest BCUT2D eigenvalue weighted by Gasteiger charge is 2.37. The van der Waals surface area contributed by atoms with E-state index in [1.807, 2.05) is 15.9 Å². The zero-order valence-corrected chi connectivity index (χ0v) is 10.6. The van der Waals surface area contributed by atoms with E-state index in [-0.39, 0.29) is 5.91 Å². The fraction of sp³-hybridized carbons (Fsp3) is 0.333. The van der Waals surface area contributed by atoms with E-state index < -0.39 is 0 Å². The van der Waals surface area contributed by atoms with Crippen LogP contribution in [-0.4, -0.2) is 39.0 Å². The van der Waals surface area contributed by atoms with E-state index in [0.29, 0.717) is 24.8 Å². The molecule has 0 saturated heterocycles. The largest absolute Gasteiger partial charge is 0.345 e. The zero-order valence-electron chi connectivity index (χ0n) is 9.89. The Morgan fingerprint density at radius 2 is 2.17 bits per heavy atom. The average molecular weight is 266 g/mol. The molecule has 0 aromatic heterocycles. The molecule has 3 rings (SSSR count). The van der Waals surface area contributed by atoms with Gasteiger partial charge in [-0.3, -0.25) is 4.79 Å². The van der Waals surface area contributed by atoms with Gasteiger partial charge in [0.05, 0.1) is 41.8 Å². The molecule has 0 bridgehead atoms. The van der Waals surface area contributed by atoms with E-state index in [0.717, 1.165) is 23.3 Å². The maximum Gasteiger partial charge on any atom is 0.246 e. The Morgan fingerprint density at radius 1 is 1.39 bits per heavy atom. The second kappa shape index (κ2) is 3.88. The Hall–Kier alpha value is -1.75. The van der Waals surface area contributed by atoms with Crippen LogP contribution >= 0.6 is 11.6 Å². The third-order valence-electron chi connectivity index (χ3n) is 3.41. The predicted octanol–water partition coefficient (Wildman–Crippen LogP) is 1.10. The van der Waals surface area contributed by atoms with Crippen LogP contribution in [0.25, 0.3) is 0 Å². The van der Waals surface area contributed by atoms with E-state index in [1.165, 1.54) is 0 Å². The molecule has 5 nitrogen and oxygen atoms in total. The first-order valence-corrected chi connectivity index (χ1v) is 6.04. The van der Waals surface area contributed by atoms with Crippen molar-refractivity contribution >= 4 is 40.9 Å². The van der Waals surface area contributed by atoms with Crippen molar-refractivity contribution in [3.63, 3.8) is 0 Å². The fourth-order valence-electron chi connectivity index (χ4n) is 2.55. The van der Waals surface area contributed by atoms with E-state index in [9.17, 15) is 9.59 Å². The van der Waals surface area contributed by atoms with Gasteiger partial charge in [-0.2, -0.15) is 0 Å². The Bertz CT molecular complexity index is 546. The van der Waals surface area contributed by atoms with Crippen LogP contribution in [0.15, 0.2) is 12.1 Å². The third-order valence-corrected chi connectivity index (χ3v) is 3.71. The van der Waals surface area contributed by atoms with Crippen LogP contribution in [0.3, 0.4) is 0 Å². The first-order valence-electron chi connectivity index (χ1n) is 5.66. The maximum atomic E-state index is 11.9. The summed E-state index contributed by atoms with van der Waals surface area (Å²) in [5.41, 5.74) is 2.64. The van der Waals surface area contributed by atoms with Gasteiger partial charge in [0.2, 0.25) is 5.91 Å². The molecule has 18 heavy (non-hydrogen) atoms. The van der Waals surface area contributed by atoms with E-state index in [4.69, 9.17) is 11.6 Å². The number of benzene rings is 1. The molecule has 1 aromatic carbocycles. The summed E-state index contributed by atoms with van der Waals surface area (Å²) < 4.78 is 0. The molecular formula is C12H12ClN3O2. The monoisotopic (exact) mass is 265 g/mol. The summed E-state index contributed by atoms with van der Waals surface area (Å²) in [5.74, 6) is 0.00880. The van der Waals surface area contributed by atoms with Gasteiger partial charge in [0, 0.05) is 7.05 Å². The van der Waals surface area contributed by atoms with E-state index >= 15 is 0 Å². The lowest BCUT2D eigenvalue weighted by molar-refractivity contribution is -0.117. The Balaban J connectivity index is 2.18. The molecule has 0 saturated carbocycles. The number of aldehydes is 1. The highest BCUT2D eigenvalue weighted by Crippen LogP contribution is 2.48. The number of amides is 1. The third kappa shape index (κ3) is 1.40. The molecule has 0 radical (unpaired) electrons. The minimum absolute atomic E-state index is 0.00880. The standard InChI is InChI=1S/C12H12ClN3O2/c1-14-10(18)6-16-7-15(4-5-17)9-3-2-8(13)11(14)12(9)16/h2-3,5H,4,6-7H2,1H3. The summed E-state index contributed by atoms with van der Waals surface area (Å²) in [4.78, 5) is 28.1. The Kier molecular flexibility index (Phi) is 2.45. The molecule has 1 aromatic rings. The van der Waals surface area contributed by atoms with Crippen molar-refractivity contribution in [1.29, 1.82) is 0 Å². The van der Waals surface area contributed by atoms with E-state index in [1.54, 1.807) is 18.0 Å². The number of carbonyl (C=O) groups excluding carboxylic acids is 2. The molecule has 94 valence electrons. The molecular weight excluding hydrogens is 254 g/mol. The van der Waals surface area contributed by atoms with Crippen molar-refractivity contribution in [2.24, 2.45) is 0 Å². The SMILES string of the molecule is CN1C(=O)CN2CN(CC=O)c3ccc(Cl)c1c32. The zero-order chi connectivity index (χ0) is 12.9. The molecule has 2 heterocycles. The highest BCUT2D eigenvalue weighted by molar-refractivity contribution is 6.35. The Labute approximate surface area is 110 Å². The van der Waals surface area contributed by atoms with Gasteiger partial charge in [-0.1, -0.05) is 11.6 Å². The van der Waals surface area contributed by atoms with Gasteiger partial charge in [0.15, 0.2) is 0 Å². The van der Waals surface area contributed by atoms with Crippen LogP contribution in [0, 0.1) is 0 Å². The van der Waals surface area contributed by atoms with Crippen molar-refractivity contribution in [3.8, 4) is 0 Å². The molecule has 2 aliphatic rings. The van der Waals surface area contributed by atoms with Crippen LogP contribution in [0.1, 0.15) is 0 Å². The number of hydrogen-bond acceptors (Lipinski definition) is 4. The molecule has 0 unspecified atom stereocenters. The number of hydrogen-bond donors (Lipinski definition) is 0. The predicted molar refractivity (Wildman–Crippen MR) is 70.5 cm³/mol. The molecule has 0 aliphatic carbocycles. The molecule has 0 atom stereocenters. The second-order valence-corrected chi connectivity index (χ2v) is 4.85. The van der Waals surface area contributed by atoms with Crippen LogP contribution in [-0.2, 0) is 9.59 Å². The summed E-state index contributed by atoms with van der Waals surface area (Å²) in [6.45, 7) is 1.20. The quantitative estimate of drug-likeness (QED) is 0.751. The van der Waals surface area contributed by atoms with Gasteiger partial charge >= 0.3 is 0 Å². The van der Waals surface area contributed by atoms with Gasteiger partial charge < -0.3 is 19.5 Å². The van der Waals surface area contributed by atoms with Crippen molar-refractivity contribution in [3.05, 3.63) is 17.2 Å². The summed E-state index contributed by atoms with van der Waals surface area (Å²) in [7, 11) is 1.73. The molecule has 2 aliphatic heterocycles. The topological polar surface area (TPSA) is 43.9 Å². The molecule has 0 spiro atoms. The number of anilines is 3. The molecule has 6 heteroatoms. The Morgan fingerprint density at radius 3 is 2.89 bits per heavy atom. The number of rotatable bonds is 2. The van der Waals surface area contributed by atoms with Gasteiger partial charge in [-0.25, -0.2) is 0 Å². The first-order chi connectivity index (χ1) is 8.63. The van der Waals surface area contributed by atoms with Crippen molar-refractivity contribution < 1.29 is 9.59 Å². The normalized spacial score (nSPS) is 17.2. The van der Waals surface area contributed by atoms with Crippen molar-refractivity contribution in [2.75, 3.05) is 41.5 Å². The van der Waals surface area contributed by atoms with Crippen LogP contribution in [0.4, 0.5) is 17.1 Å². The summed E-state index contributed by atoms with van der Waals surface area (Å²) >= 11 is 6.18. The highest BCUT2D eigenvalue weighted by atomic mass is 35.5. The van der Waals surface area contributed by atoms with Gasteiger partial charge in [0.25, 0.3) is 0 Å². The van der Waals surface area contributed by atoms with Crippen molar-refractivity contribution in [1.82, 2.24) is 0 Å². The number of halogens is 1. The first kappa shape index (κ1) is 11.3. The van der Waals surface area contributed by atoms with Gasteiger partial charge in [-0.15, -0.1) is 0 Å². The smallest absolute Gasteiger partial charge is 0.246 e. The van der Waals surface area contributed by atoms with Gasteiger partial charge in [-0.05, 0) is 12.1 Å². The minimum atomic E-state index is 0.00880. The number of likely N-dealkylation sites (N-methyl/N-ethyl adjacent to an activating group) is 1. The lowest BCUT2D eigenvalue weighted by Crippen LogP contribution is -2.44. The van der Waals surface area contributed by atoms with Crippen LogP contribution < -0.4 is 14.7 Å². The molecule has 0 N–H and O–H groups in total. The maximum absolute atomic E-state index is 11.9. The second-order valence-electron chi connectivity index (χ2n) is 4.44. The van der Waals surface area contributed by atoms with Crippen molar-refractivity contribution in [2.45, 2.75) is 0 Å². The lowest BCUT2D eigenvalue weighted by atomic mass is 10.1. The number of carbonyl (C=O) groups is 2. The number of nitrogens with zero attached hydrogens (tertiary/aromatic N) is 3. The summed E-state index contributed by atoms with van der Waals surface area (Å²) in [6.07, 6.45) is 0.866. The fourth-order valence-corrected chi connectivity index (χ4v) is 2.83. The van der Waals surface area contributed by atoms with Crippen LogP contribution in [0.2, 0.25) is 5.02 Å².